The highest BCUT2D eigenvalue weighted by Gasteiger charge is 2.38. The summed E-state index contributed by atoms with van der Waals surface area (Å²) >= 11 is 0. The van der Waals surface area contributed by atoms with Crippen molar-refractivity contribution in [2.24, 2.45) is 5.92 Å². The molecule has 0 amide bonds. The van der Waals surface area contributed by atoms with Crippen molar-refractivity contribution < 1.29 is 8.42 Å². The molecule has 0 N–H and O–H groups in total. The van der Waals surface area contributed by atoms with Crippen molar-refractivity contribution in [1.82, 2.24) is 34.5 Å². The Balaban J connectivity index is 1.44. The Morgan fingerprint density at radius 2 is 1.74 bits per heavy atom. The van der Waals surface area contributed by atoms with Crippen LogP contribution in [0.5, 0.6) is 0 Å². The first-order valence-electron chi connectivity index (χ1n) is 12.7. The predicted molar refractivity (Wildman–Crippen MR) is 148 cm³/mol. The fourth-order valence-electron chi connectivity index (χ4n) is 5.21. The molecule has 5 aromatic heterocycles. The maximum atomic E-state index is 11.9. The van der Waals surface area contributed by atoms with Gasteiger partial charge in [0.15, 0.2) is 11.6 Å². The van der Waals surface area contributed by atoms with Crippen molar-refractivity contribution in [3.63, 3.8) is 0 Å². The lowest BCUT2D eigenvalue weighted by atomic mass is 9.90. The van der Waals surface area contributed by atoms with Gasteiger partial charge >= 0.3 is 0 Å². The minimum absolute atomic E-state index is 0.116. The largest absolute Gasteiger partial charge is 0.368 e. The molecule has 6 rings (SSSR count). The van der Waals surface area contributed by atoms with Gasteiger partial charge in [-0.3, -0.25) is 4.98 Å². The van der Waals surface area contributed by atoms with E-state index in [0.29, 0.717) is 18.2 Å². The lowest BCUT2D eigenvalue weighted by Crippen LogP contribution is -2.57. The van der Waals surface area contributed by atoms with E-state index in [1.807, 2.05) is 40.7 Å². The lowest BCUT2D eigenvalue weighted by Gasteiger charge is -2.48. The normalized spacial score (nSPS) is 18.0. The molecular formula is C27H30N8O2S. The monoisotopic (exact) mass is 530 g/mol. The molecule has 1 aliphatic rings. The number of fused-ring (bicyclic) bond motifs is 2. The maximum Gasteiger partial charge on any atom is 0.156 e. The van der Waals surface area contributed by atoms with Gasteiger partial charge in [-0.25, -0.2) is 27.7 Å². The number of sulfone groups is 1. The third kappa shape index (κ3) is 4.20. The highest BCUT2D eigenvalue weighted by molar-refractivity contribution is 7.90. The van der Waals surface area contributed by atoms with Crippen LogP contribution in [0.2, 0.25) is 0 Å². The summed E-state index contributed by atoms with van der Waals surface area (Å²) in [5.41, 5.74) is 4.64. The van der Waals surface area contributed by atoms with Crippen molar-refractivity contribution in [3.8, 4) is 11.6 Å². The van der Waals surface area contributed by atoms with Gasteiger partial charge in [-0.2, -0.15) is 10.2 Å². The van der Waals surface area contributed by atoms with Gasteiger partial charge in [0.25, 0.3) is 0 Å². The van der Waals surface area contributed by atoms with Gasteiger partial charge in [0, 0.05) is 71.4 Å². The van der Waals surface area contributed by atoms with E-state index in [1.54, 1.807) is 18.6 Å². The van der Waals surface area contributed by atoms with E-state index in [9.17, 15) is 8.42 Å². The second-order valence-corrected chi connectivity index (χ2v) is 12.7. The standard InChI is InChI=1S/C27H30N8O2S/c1-16(2)23-8-21(33-14-20(18(33)4)15-38(5,36)37)9-26(32-23)35-25-10-27(31-17(3)22(25)13-30-35)34-24-6-7-28-11-19(24)12-29-34/h6-13,16,18,20H,14-15H2,1-5H3/t18-,20-/m1/s1. The van der Waals surface area contributed by atoms with Gasteiger partial charge in [-0.05, 0) is 31.9 Å². The quantitative estimate of drug-likeness (QED) is 0.325. The lowest BCUT2D eigenvalue weighted by molar-refractivity contribution is 0.341. The number of rotatable bonds is 6. The van der Waals surface area contributed by atoms with Crippen molar-refractivity contribution in [2.45, 2.75) is 39.7 Å². The molecule has 1 saturated heterocycles. The molecule has 11 heteroatoms. The van der Waals surface area contributed by atoms with Crippen molar-refractivity contribution in [3.05, 3.63) is 60.4 Å². The summed E-state index contributed by atoms with van der Waals surface area (Å²) in [6.07, 6.45) is 8.45. The molecule has 0 spiro atoms. The van der Waals surface area contributed by atoms with Crippen LogP contribution in [-0.4, -0.2) is 67.5 Å². The third-order valence-corrected chi connectivity index (χ3v) is 8.44. The van der Waals surface area contributed by atoms with E-state index in [2.05, 4.69) is 41.8 Å². The average molecular weight is 531 g/mol. The predicted octanol–water partition coefficient (Wildman–Crippen LogP) is 3.85. The molecule has 5 aromatic rings. The van der Waals surface area contributed by atoms with Gasteiger partial charge in [0.1, 0.15) is 9.84 Å². The molecular weight excluding hydrogens is 500 g/mol. The Bertz CT molecular complexity index is 1790. The smallest absolute Gasteiger partial charge is 0.156 e. The van der Waals surface area contributed by atoms with Crippen LogP contribution in [0.25, 0.3) is 33.4 Å². The van der Waals surface area contributed by atoms with E-state index in [0.717, 1.165) is 38.9 Å². The van der Waals surface area contributed by atoms with Gasteiger partial charge in [0.2, 0.25) is 0 Å². The molecule has 0 radical (unpaired) electrons. The summed E-state index contributed by atoms with van der Waals surface area (Å²) < 4.78 is 27.4. The molecule has 1 fully saturated rings. The van der Waals surface area contributed by atoms with Crippen LogP contribution >= 0.6 is 0 Å². The Kier molecular flexibility index (Phi) is 5.71. The zero-order valence-corrected chi connectivity index (χ0v) is 22.9. The van der Waals surface area contributed by atoms with E-state index in [-0.39, 0.29) is 23.6 Å². The fraction of sp³-hybridized carbons (Fsp3) is 0.370. The number of nitrogens with zero attached hydrogens (tertiary/aromatic N) is 8. The van der Waals surface area contributed by atoms with Crippen LogP contribution in [0.1, 0.15) is 38.1 Å². The Hall–Kier alpha value is -3.86. The SMILES string of the molecule is Cc1nc(-n2ncc3cnccc32)cc2c1cnn2-c1cc(N2C[C@H](CS(C)(=O)=O)[C@H]2C)cc(C(C)C)n1. The molecule has 6 heterocycles. The van der Waals surface area contributed by atoms with Crippen LogP contribution in [0.4, 0.5) is 5.69 Å². The Labute approximate surface area is 221 Å². The second-order valence-electron chi connectivity index (χ2n) is 10.6. The van der Waals surface area contributed by atoms with Crippen molar-refractivity contribution in [2.75, 3.05) is 23.5 Å². The number of aromatic nitrogens is 7. The first kappa shape index (κ1) is 24.5. The first-order valence-corrected chi connectivity index (χ1v) is 14.8. The Morgan fingerprint density at radius 3 is 2.47 bits per heavy atom. The Morgan fingerprint density at radius 1 is 1.00 bits per heavy atom. The van der Waals surface area contributed by atoms with Crippen LogP contribution in [-0.2, 0) is 9.84 Å². The zero-order valence-electron chi connectivity index (χ0n) is 22.1. The molecule has 1 aliphatic heterocycles. The summed E-state index contributed by atoms with van der Waals surface area (Å²) in [6.45, 7) is 8.99. The van der Waals surface area contributed by atoms with E-state index < -0.39 is 9.84 Å². The van der Waals surface area contributed by atoms with Crippen molar-refractivity contribution >= 4 is 37.3 Å². The molecule has 0 bridgehead atoms. The highest BCUT2D eigenvalue weighted by Crippen LogP contribution is 2.35. The van der Waals surface area contributed by atoms with Crippen LogP contribution in [0.3, 0.4) is 0 Å². The first-order chi connectivity index (χ1) is 18.1. The molecule has 38 heavy (non-hydrogen) atoms. The van der Waals surface area contributed by atoms with Gasteiger partial charge in [-0.15, -0.1) is 0 Å². The van der Waals surface area contributed by atoms with Gasteiger partial charge in [-0.1, -0.05) is 13.8 Å². The molecule has 196 valence electrons. The average Bonchev–Trinajstić information content (AvgIpc) is 3.50. The topological polar surface area (TPSA) is 112 Å². The van der Waals surface area contributed by atoms with E-state index in [1.165, 1.54) is 6.26 Å². The van der Waals surface area contributed by atoms with E-state index >= 15 is 0 Å². The minimum Gasteiger partial charge on any atom is -0.368 e. The number of anilines is 1. The van der Waals surface area contributed by atoms with Crippen LogP contribution in [0, 0.1) is 12.8 Å². The summed E-state index contributed by atoms with van der Waals surface area (Å²) in [5, 5.41) is 11.1. The number of aryl methyl sites for hydroxylation is 1. The van der Waals surface area contributed by atoms with Gasteiger partial charge < -0.3 is 4.90 Å². The molecule has 0 saturated carbocycles. The summed E-state index contributed by atoms with van der Waals surface area (Å²) in [6, 6.07) is 8.17. The maximum absolute atomic E-state index is 11.9. The number of pyridine rings is 3. The molecule has 0 unspecified atom stereocenters. The molecule has 0 aromatic carbocycles. The van der Waals surface area contributed by atoms with Crippen LogP contribution in [0.15, 0.2) is 49.1 Å². The zero-order chi connectivity index (χ0) is 26.8. The fourth-order valence-corrected chi connectivity index (χ4v) is 6.37. The molecule has 2 atom stereocenters. The molecule has 10 nitrogen and oxygen atoms in total. The van der Waals surface area contributed by atoms with Crippen molar-refractivity contribution in [1.29, 1.82) is 0 Å². The van der Waals surface area contributed by atoms with E-state index in [4.69, 9.17) is 15.1 Å². The second kappa shape index (κ2) is 8.87. The number of hydrogen-bond acceptors (Lipinski definition) is 8. The summed E-state index contributed by atoms with van der Waals surface area (Å²) in [7, 11) is -3.02. The van der Waals surface area contributed by atoms with Gasteiger partial charge in [0.05, 0.1) is 34.9 Å². The number of hydrogen-bond donors (Lipinski definition) is 0. The van der Waals surface area contributed by atoms with Crippen LogP contribution < -0.4 is 4.90 Å². The molecule has 0 aliphatic carbocycles. The minimum atomic E-state index is -3.02. The highest BCUT2D eigenvalue weighted by atomic mass is 32.2. The summed E-state index contributed by atoms with van der Waals surface area (Å²) in [4.78, 5) is 16.2. The third-order valence-electron chi connectivity index (χ3n) is 7.41. The summed E-state index contributed by atoms with van der Waals surface area (Å²) in [5.74, 6) is 1.94.